The number of nitrogens with zero attached hydrogens (tertiary/aromatic N) is 1. The topological polar surface area (TPSA) is 44.4 Å². The van der Waals surface area contributed by atoms with Gasteiger partial charge in [-0.1, -0.05) is 17.7 Å². The van der Waals surface area contributed by atoms with Crippen molar-refractivity contribution in [2.75, 3.05) is 38.1 Å². The van der Waals surface area contributed by atoms with Crippen LogP contribution in [-0.2, 0) is 4.79 Å². The molecule has 1 aromatic carbocycles. The Balaban J connectivity index is 0.00000242. The summed E-state index contributed by atoms with van der Waals surface area (Å²) in [5.74, 6) is 0.642. The molecule has 23 heavy (non-hydrogen) atoms. The zero-order valence-corrected chi connectivity index (χ0v) is 16.0. The quantitative estimate of drug-likeness (QED) is 0.795. The van der Waals surface area contributed by atoms with E-state index in [-0.39, 0.29) is 30.7 Å². The molecule has 1 atom stereocenters. The maximum atomic E-state index is 11.6. The highest BCUT2D eigenvalue weighted by atomic mass is 35.5. The van der Waals surface area contributed by atoms with E-state index in [9.17, 15) is 4.79 Å². The Hall–Kier alpha value is -0.680. The minimum absolute atomic E-state index is 0. The molecule has 1 heterocycles. The molecule has 0 spiro atoms. The predicted octanol–water partition coefficient (Wildman–Crippen LogP) is 3.04. The van der Waals surface area contributed by atoms with Gasteiger partial charge in [0.1, 0.15) is 0 Å². The standard InChI is InChI=1S/C16H24ClN3O.2ClH/c1-12-3-4-14(17)9-15(12)20-8-6-13(11-20)10-19-16(21)5-7-18-2;;/h3-4,9,13,18H,5-8,10-11H2,1-2H3,(H,19,21);2*1H. The molecule has 1 amide bonds. The molecule has 2 rings (SSSR count). The molecule has 1 fully saturated rings. The summed E-state index contributed by atoms with van der Waals surface area (Å²) in [6.45, 7) is 5.60. The number of rotatable bonds is 6. The monoisotopic (exact) mass is 381 g/mol. The van der Waals surface area contributed by atoms with Gasteiger partial charge in [0.15, 0.2) is 0 Å². The average molecular weight is 383 g/mol. The Kier molecular flexibility index (Phi) is 10.7. The number of carbonyl (C=O) groups excluding carboxylic acids is 1. The third-order valence-electron chi connectivity index (χ3n) is 3.99. The number of hydrogen-bond acceptors (Lipinski definition) is 3. The van der Waals surface area contributed by atoms with Gasteiger partial charge < -0.3 is 15.5 Å². The highest BCUT2D eigenvalue weighted by Gasteiger charge is 2.24. The Morgan fingerprint density at radius 1 is 1.39 bits per heavy atom. The molecule has 1 aliphatic heterocycles. The lowest BCUT2D eigenvalue weighted by Gasteiger charge is -2.21. The van der Waals surface area contributed by atoms with E-state index in [1.165, 1.54) is 11.3 Å². The van der Waals surface area contributed by atoms with Crippen LogP contribution in [0.25, 0.3) is 0 Å². The van der Waals surface area contributed by atoms with Crippen molar-refractivity contribution in [3.63, 3.8) is 0 Å². The number of benzene rings is 1. The van der Waals surface area contributed by atoms with Crippen molar-refractivity contribution >= 4 is 48.0 Å². The summed E-state index contributed by atoms with van der Waals surface area (Å²) >= 11 is 6.09. The van der Waals surface area contributed by atoms with Crippen LogP contribution in [0.4, 0.5) is 5.69 Å². The van der Waals surface area contributed by atoms with Crippen molar-refractivity contribution in [1.82, 2.24) is 10.6 Å². The fourth-order valence-electron chi connectivity index (χ4n) is 2.73. The zero-order chi connectivity index (χ0) is 15.2. The fraction of sp³-hybridized carbons (Fsp3) is 0.562. The highest BCUT2D eigenvalue weighted by Crippen LogP contribution is 2.29. The second kappa shape index (κ2) is 11.0. The molecule has 1 unspecified atom stereocenters. The van der Waals surface area contributed by atoms with Crippen molar-refractivity contribution in [2.24, 2.45) is 5.92 Å². The maximum absolute atomic E-state index is 11.6. The normalized spacial score (nSPS) is 16.5. The van der Waals surface area contributed by atoms with Crippen molar-refractivity contribution in [1.29, 1.82) is 0 Å². The fourth-order valence-corrected chi connectivity index (χ4v) is 2.89. The molecular weight excluding hydrogens is 357 g/mol. The minimum atomic E-state index is 0. The summed E-state index contributed by atoms with van der Waals surface area (Å²) < 4.78 is 0. The molecule has 1 saturated heterocycles. The van der Waals surface area contributed by atoms with Crippen LogP contribution >= 0.6 is 36.4 Å². The third kappa shape index (κ3) is 6.76. The molecule has 0 radical (unpaired) electrons. The molecule has 1 aliphatic rings. The lowest BCUT2D eigenvalue weighted by molar-refractivity contribution is -0.121. The summed E-state index contributed by atoms with van der Waals surface area (Å²) in [6.07, 6.45) is 1.65. The molecule has 7 heteroatoms. The van der Waals surface area contributed by atoms with E-state index in [0.717, 1.165) is 37.6 Å². The van der Waals surface area contributed by atoms with Gasteiger partial charge >= 0.3 is 0 Å². The number of anilines is 1. The van der Waals surface area contributed by atoms with Crippen molar-refractivity contribution in [2.45, 2.75) is 19.8 Å². The van der Waals surface area contributed by atoms with Crippen LogP contribution < -0.4 is 15.5 Å². The number of nitrogens with one attached hydrogen (secondary N) is 2. The average Bonchev–Trinajstić information content (AvgIpc) is 2.94. The minimum Gasteiger partial charge on any atom is -0.371 e. The summed E-state index contributed by atoms with van der Waals surface area (Å²) in [4.78, 5) is 14.0. The molecule has 1 aromatic rings. The van der Waals surface area contributed by atoms with Gasteiger partial charge in [0.2, 0.25) is 5.91 Å². The molecule has 0 aromatic heterocycles. The number of carbonyl (C=O) groups is 1. The number of amides is 1. The Morgan fingerprint density at radius 3 is 2.83 bits per heavy atom. The van der Waals surface area contributed by atoms with Crippen LogP contribution in [0.5, 0.6) is 0 Å². The summed E-state index contributed by atoms with van der Waals surface area (Å²) in [6, 6.07) is 6.02. The van der Waals surface area contributed by atoms with Crippen LogP contribution in [-0.4, -0.2) is 39.1 Å². The predicted molar refractivity (Wildman–Crippen MR) is 103 cm³/mol. The summed E-state index contributed by atoms with van der Waals surface area (Å²) in [5, 5.41) is 6.79. The first-order valence-electron chi connectivity index (χ1n) is 7.52. The number of hydrogen-bond donors (Lipinski definition) is 2. The summed E-state index contributed by atoms with van der Waals surface area (Å²) in [5.41, 5.74) is 2.46. The Labute approximate surface area is 156 Å². The van der Waals surface area contributed by atoms with E-state index < -0.39 is 0 Å². The highest BCUT2D eigenvalue weighted by molar-refractivity contribution is 6.30. The van der Waals surface area contributed by atoms with Crippen molar-refractivity contribution < 1.29 is 4.79 Å². The van der Waals surface area contributed by atoms with Crippen molar-refractivity contribution in [3.8, 4) is 0 Å². The van der Waals surface area contributed by atoms with E-state index >= 15 is 0 Å². The van der Waals surface area contributed by atoms with Gasteiger partial charge in [0, 0.05) is 43.3 Å². The van der Waals surface area contributed by atoms with Crippen LogP contribution in [0, 0.1) is 12.8 Å². The van der Waals surface area contributed by atoms with Gasteiger partial charge in [0.05, 0.1) is 0 Å². The molecule has 0 bridgehead atoms. The zero-order valence-electron chi connectivity index (χ0n) is 13.6. The SMILES string of the molecule is CNCCC(=O)NCC1CCN(c2cc(Cl)ccc2C)C1.Cl.Cl. The van der Waals surface area contributed by atoms with Crippen LogP contribution in [0.15, 0.2) is 18.2 Å². The second-order valence-corrected chi connectivity index (χ2v) is 6.13. The van der Waals surface area contributed by atoms with Gasteiger partial charge in [-0.05, 0) is 44.0 Å². The first kappa shape index (κ1) is 22.3. The molecule has 4 nitrogen and oxygen atoms in total. The first-order chi connectivity index (χ1) is 10.1. The Bertz CT molecular complexity index is 499. The maximum Gasteiger partial charge on any atom is 0.221 e. The first-order valence-corrected chi connectivity index (χ1v) is 7.90. The van der Waals surface area contributed by atoms with Gasteiger partial charge in [-0.25, -0.2) is 0 Å². The lowest BCUT2D eigenvalue weighted by Crippen LogP contribution is -2.32. The van der Waals surface area contributed by atoms with Crippen LogP contribution in [0.1, 0.15) is 18.4 Å². The third-order valence-corrected chi connectivity index (χ3v) is 4.22. The number of aryl methyl sites for hydroxylation is 1. The Morgan fingerprint density at radius 2 is 2.13 bits per heavy atom. The lowest BCUT2D eigenvalue weighted by atomic mass is 10.1. The molecule has 0 saturated carbocycles. The van der Waals surface area contributed by atoms with E-state index in [4.69, 9.17) is 11.6 Å². The second-order valence-electron chi connectivity index (χ2n) is 5.69. The smallest absolute Gasteiger partial charge is 0.221 e. The van der Waals surface area contributed by atoms with Gasteiger partial charge in [-0.3, -0.25) is 4.79 Å². The van der Waals surface area contributed by atoms with Gasteiger partial charge in [-0.2, -0.15) is 0 Å². The van der Waals surface area contributed by atoms with Crippen molar-refractivity contribution in [3.05, 3.63) is 28.8 Å². The number of halogens is 3. The van der Waals surface area contributed by atoms with E-state index in [2.05, 4.69) is 28.5 Å². The van der Waals surface area contributed by atoms with Crippen LogP contribution in [0.2, 0.25) is 5.02 Å². The van der Waals surface area contributed by atoms with Crippen LogP contribution in [0.3, 0.4) is 0 Å². The largest absolute Gasteiger partial charge is 0.371 e. The van der Waals surface area contributed by atoms with Gasteiger partial charge in [0.25, 0.3) is 0 Å². The molecule has 2 N–H and O–H groups in total. The van der Waals surface area contributed by atoms with E-state index in [1.807, 2.05) is 19.2 Å². The molecule has 132 valence electrons. The molecule has 0 aliphatic carbocycles. The van der Waals surface area contributed by atoms with Gasteiger partial charge in [-0.15, -0.1) is 24.8 Å². The molecular formula is C16H26Cl3N3O. The summed E-state index contributed by atoms with van der Waals surface area (Å²) in [7, 11) is 1.86. The van der Waals surface area contributed by atoms with E-state index in [0.29, 0.717) is 12.3 Å². The van der Waals surface area contributed by atoms with E-state index in [1.54, 1.807) is 0 Å².